The van der Waals surface area contributed by atoms with Crippen LogP contribution in [0, 0.1) is 12.7 Å². The number of aryl methyl sites for hydroxylation is 1. The lowest BCUT2D eigenvalue weighted by Gasteiger charge is -2.12. The number of carbonyl (C=O) groups is 1. The van der Waals surface area contributed by atoms with Gasteiger partial charge in [0.25, 0.3) is 5.91 Å². The van der Waals surface area contributed by atoms with Crippen LogP contribution in [0.1, 0.15) is 29.3 Å². The maximum Gasteiger partial charge on any atom is 0.273 e. The van der Waals surface area contributed by atoms with Crippen molar-refractivity contribution in [3.63, 3.8) is 0 Å². The lowest BCUT2D eigenvalue weighted by Crippen LogP contribution is -2.29. The fraction of sp³-hybridized carbons (Fsp3) is 0.217. The van der Waals surface area contributed by atoms with E-state index in [2.05, 4.69) is 20.8 Å². The molecule has 0 radical (unpaired) electrons. The summed E-state index contributed by atoms with van der Waals surface area (Å²) in [6.07, 6.45) is 0. The minimum atomic E-state index is -0.380. The first kappa shape index (κ1) is 22.7. The molecule has 0 aliphatic carbocycles. The van der Waals surface area contributed by atoms with Gasteiger partial charge < -0.3 is 19.5 Å². The summed E-state index contributed by atoms with van der Waals surface area (Å²) in [4.78, 5) is 22.6. The third-order valence-electron chi connectivity index (χ3n) is 4.71. The van der Waals surface area contributed by atoms with Gasteiger partial charge in [-0.05, 0) is 43.7 Å². The molecule has 32 heavy (non-hydrogen) atoms. The molecule has 3 aromatic rings. The monoisotopic (exact) mass is 438 g/mol. The number of likely N-dealkylation sites (N-methyl/N-ethyl adjacent to an activating group) is 1. The van der Waals surface area contributed by atoms with E-state index in [1.807, 2.05) is 19.1 Å². The van der Waals surface area contributed by atoms with Crippen molar-refractivity contribution in [1.29, 1.82) is 0 Å². The van der Waals surface area contributed by atoms with Gasteiger partial charge >= 0.3 is 0 Å². The van der Waals surface area contributed by atoms with Gasteiger partial charge in [-0.2, -0.15) is 0 Å². The lowest BCUT2D eigenvalue weighted by molar-refractivity contribution is -0.114. The topological polar surface area (TPSA) is 98.3 Å². The van der Waals surface area contributed by atoms with Gasteiger partial charge in [0.15, 0.2) is 11.5 Å². The van der Waals surface area contributed by atoms with Crippen LogP contribution >= 0.6 is 0 Å². The number of aromatic nitrogens is 1. The summed E-state index contributed by atoms with van der Waals surface area (Å²) in [7, 11) is 2.89. The van der Waals surface area contributed by atoms with E-state index in [0.717, 1.165) is 11.1 Å². The Bertz CT molecular complexity index is 1150. The number of hydrogen-bond donors (Lipinski definition) is 1. The molecule has 0 atom stereocenters. The van der Waals surface area contributed by atoms with Crippen LogP contribution in [0.4, 0.5) is 4.39 Å². The van der Waals surface area contributed by atoms with Crippen LogP contribution in [0.5, 0.6) is 0 Å². The molecule has 0 bridgehead atoms. The van der Waals surface area contributed by atoms with E-state index in [4.69, 9.17) is 14.2 Å². The van der Waals surface area contributed by atoms with Crippen LogP contribution in [-0.2, 0) is 21.1 Å². The fourth-order valence-electron chi connectivity index (χ4n) is 2.97. The lowest BCUT2D eigenvalue weighted by atomic mass is 9.98. The van der Waals surface area contributed by atoms with Gasteiger partial charge in [0.05, 0.1) is 0 Å². The van der Waals surface area contributed by atoms with Crippen LogP contribution in [0.3, 0.4) is 0 Å². The third kappa shape index (κ3) is 5.18. The molecule has 0 aliphatic rings. The van der Waals surface area contributed by atoms with Crippen molar-refractivity contribution in [3.05, 3.63) is 76.7 Å². The maximum absolute atomic E-state index is 13.1. The molecular formula is C23H23FN4O4. The molecule has 0 saturated carbocycles. The van der Waals surface area contributed by atoms with Gasteiger partial charge in [0.2, 0.25) is 0 Å². The summed E-state index contributed by atoms with van der Waals surface area (Å²) in [5, 5.41) is 14.5. The van der Waals surface area contributed by atoms with Crippen LogP contribution in [0.25, 0.3) is 11.3 Å². The predicted molar refractivity (Wildman–Crippen MR) is 118 cm³/mol. The average Bonchev–Trinajstić information content (AvgIpc) is 3.29. The number of rotatable bonds is 8. The molecule has 166 valence electrons. The number of nitrogens with one attached hydrogen (secondary N) is 1. The van der Waals surface area contributed by atoms with E-state index in [0.29, 0.717) is 28.3 Å². The van der Waals surface area contributed by atoms with Crippen LogP contribution in [0.2, 0.25) is 0 Å². The van der Waals surface area contributed by atoms with Gasteiger partial charge in [-0.15, -0.1) is 0 Å². The van der Waals surface area contributed by atoms with E-state index in [-0.39, 0.29) is 24.0 Å². The molecule has 1 heterocycles. The van der Waals surface area contributed by atoms with Crippen molar-refractivity contribution in [1.82, 2.24) is 10.5 Å². The number of carbonyl (C=O) groups excluding carboxylic acids is 1. The number of halogens is 1. The standard InChI is InChI=1S/C23H23FN4O4/c1-14-6-5-7-18(22(28-30-4)23(29)25-3)19(14)13-31-26-15(2)20-12-21(32-27-20)16-8-10-17(24)11-9-16/h5-12H,13H2,1-4H3,(H,25,29)/b26-15+,28-22+. The Morgan fingerprint density at radius 3 is 2.62 bits per heavy atom. The van der Waals surface area contributed by atoms with E-state index in [1.54, 1.807) is 31.2 Å². The first-order valence-electron chi connectivity index (χ1n) is 9.76. The summed E-state index contributed by atoms with van der Waals surface area (Å²) < 4.78 is 18.4. The number of nitrogens with zero attached hydrogens (tertiary/aromatic N) is 3. The minimum absolute atomic E-state index is 0.0990. The summed E-state index contributed by atoms with van der Waals surface area (Å²) in [5.74, 6) is -0.221. The Labute approximate surface area is 184 Å². The zero-order valence-corrected chi connectivity index (χ0v) is 18.2. The zero-order chi connectivity index (χ0) is 23.1. The largest absolute Gasteiger partial charge is 0.398 e. The van der Waals surface area contributed by atoms with Crippen LogP contribution in [0.15, 0.2) is 63.4 Å². The molecule has 8 nitrogen and oxygen atoms in total. The molecular weight excluding hydrogens is 415 g/mol. The first-order chi connectivity index (χ1) is 15.4. The number of hydrogen-bond acceptors (Lipinski definition) is 7. The molecule has 0 aliphatic heterocycles. The maximum atomic E-state index is 13.1. The summed E-state index contributed by atoms with van der Waals surface area (Å²) >= 11 is 0. The molecule has 1 N–H and O–H groups in total. The van der Waals surface area contributed by atoms with Gasteiger partial charge in [-0.3, -0.25) is 4.79 Å². The van der Waals surface area contributed by atoms with Crippen LogP contribution in [-0.4, -0.2) is 36.6 Å². The molecule has 1 aromatic heterocycles. The smallest absolute Gasteiger partial charge is 0.273 e. The van der Waals surface area contributed by atoms with Gasteiger partial charge in [-0.25, -0.2) is 4.39 Å². The van der Waals surface area contributed by atoms with Crippen molar-refractivity contribution in [3.8, 4) is 11.3 Å². The number of benzene rings is 2. The van der Waals surface area contributed by atoms with E-state index in [1.165, 1.54) is 26.3 Å². The molecule has 9 heteroatoms. The average molecular weight is 438 g/mol. The Balaban J connectivity index is 1.78. The van der Waals surface area contributed by atoms with E-state index < -0.39 is 0 Å². The summed E-state index contributed by atoms with van der Waals surface area (Å²) in [5.41, 5.74) is 4.05. The Morgan fingerprint density at radius 2 is 1.94 bits per heavy atom. The number of oxime groups is 2. The highest BCUT2D eigenvalue weighted by Crippen LogP contribution is 2.21. The quantitative estimate of drug-likeness (QED) is 0.426. The highest BCUT2D eigenvalue weighted by atomic mass is 19.1. The number of amides is 1. The van der Waals surface area contributed by atoms with E-state index in [9.17, 15) is 9.18 Å². The summed E-state index contributed by atoms with van der Waals surface area (Å²) in [6.45, 7) is 3.73. The van der Waals surface area contributed by atoms with Gasteiger partial charge in [-0.1, -0.05) is 33.7 Å². The van der Waals surface area contributed by atoms with Crippen LogP contribution < -0.4 is 5.32 Å². The molecule has 0 fully saturated rings. The molecule has 2 aromatic carbocycles. The normalized spacial score (nSPS) is 11.9. The highest BCUT2D eigenvalue weighted by molar-refractivity contribution is 6.45. The fourth-order valence-corrected chi connectivity index (χ4v) is 2.97. The van der Waals surface area contributed by atoms with Gasteiger partial charge in [0.1, 0.15) is 30.9 Å². The summed E-state index contributed by atoms with van der Waals surface area (Å²) in [6, 6.07) is 13.1. The SMILES string of the molecule is CNC(=O)/C(=N/OC)c1cccc(C)c1CO/N=C(\C)c1cc(-c2ccc(F)cc2)on1. The van der Waals surface area contributed by atoms with Crippen molar-refractivity contribution >= 4 is 17.3 Å². The first-order valence-corrected chi connectivity index (χ1v) is 9.76. The predicted octanol–water partition coefficient (Wildman–Crippen LogP) is 3.83. The second-order valence-corrected chi connectivity index (χ2v) is 6.84. The molecule has 0 spiro atoms. The molecule has 0 unspecified atom stereocenters. The van der Waals surface area contributed by atoms with E-state index >= 15 is 0 Å². The Kier molecular flexibility index (Phi) is 7.33. The van der Waals surface area contributed by atoms with Crippen molar-refractivity contribution < 1.29 is 23.4 Å². The minimum Gasteiger partial charge on any atom is -0.398 e. The van der Waals surface area contributed by atoms with Gasteiger partial charge in [0, 0.05) is 29.8 Å². The van der Waals surface area contributed by atoms with Crippen molar-refractivity contribution in [2.45, 2.75) is 20.5 Å². The van der Waals surface area contributed by atoms with Crippen molar-refractivity contribution in [2.75, 3.05) is 14.2 Å². The Hall–Kier alpha value is -4.01. The third-order valence-corrected chi connectivity index (χ3v) is 4.71. The van der Waals surface area contributed by atoms with Crippen molar-refractivity contribution in [2.24, 2.45) is 10.3 Å². The molecule has 3 rings (SSSR count). The zero-order valence-electron chi connectivity index (χ0n) is 18.2. The second kappa shape index (κ2) is 10.3. The Morgan fingerprint density at radius 1 is 1.19 bits per heavy atom. The molecule has 0 saturated heterocycles. The molecule has 1 amide bonds. The highest BCUT2D eigenvalue weighted by Gasteiger charge is 2.19. The second-order valence-electron chi connectivity index (χ2n) is 6.84.